The van der Waals surface area contributed by atoms with Gasteiger partial charge in [0.25, 0.3) is 0 Å². The summed E-state index contributed by atoms with van der Waals surface area (Å²) in [5.74, 6) is 1.73. The maximum Gasteiger partial charge on any atom is 0.499 e. The van der Waals surface area contributed by atoms with Crippen molar-refractivity contribution in [2.45, 2.75) is 0 Å². The van der Waals surface area contributed by atoms with Crippen molar-refractivity contribution in [2.75, 3.05) is 28.4 Å². The number of hydrogen-bond donors (Lipinski definition) is 2. The van der Waals surface area contributed by atoms with Crippen LogP contribution in [0.15, 0.2) is 6.07 Å². The highest BCUT2D eigenvalue weighted by Crippen LogP contribution is 2.52. The number of fused-ring (bicyclic) bond motifs is 1. The SMILES string of the molecule is COc1c(OC)c(OC)c2sc(B(O)O)cc2c1OC. The molecule has 2 N–H and O–H groups in total. The summed E-state index contributed by atoms with van der Waals surface area (Å²) < 4.78 is 22.5. The molecule has 0 atom stereocenters. The molecule has 20 heavy (non-hydrogen) atoms. The van der Waals surface area contributed by atoms with E-state index in [1.807, 2.05) is 0 Å². The maximum absolute atomic E-state index is 9.33. The van der Waals surface area contributed by atoms with Crippen molar-refractivity contribution in [2.24, 2.45) is 0 Å². The van der Waals surface area contributed by atoms with E-state index < -0.39 is 7.12 Å². The molecule has 1 aromatic heterocycles. The fourth-order valence-electron chi connectivity index (χ4n) is 2.07. The van der Waals surface area contributed by atoms with Crippen LogP contribution < -0.4 is 23.7 Å². The number of ether oxygens (including phenoxy) is 4. The highest BCUT2D eigenvalue weighted by Gasteiger charge is 2.26. The lowest BCUT2D eigenvalue weighted by Crippen LogP contribution is -2.26. The van der Waals surface area contributed by atoms with Gasteiger partial charge >= 0.3 is 7.12 Å². The van der Waals surface area contributed by atoms with Crippen LogP contribution in [0.2, 0.25) is 0 Å². The third-order valence-corrected chi connectivity index (χ3v) is 4.07. The van der Waals surface area contributed by atoms with Gasteiger partial charge in [0.1, 0.15) is 0 Å². The van der Waals surface area contributed by atoms with E-state index in [-0.39, 0.29) is 0 Å². The monoisotopic (exact) mass is 298 g/mol. The van der Waals surface area contributed by atoms with Gasteiger partial charge < -0.3 is 29.0 Å². The lowest BCUT2D eigenvalue weighted by Gasteiger charge is -2.16. The summed E-state index contributed by atoms with van der Waals surface area (Å²) >= 11 is 1.19. The molecule has 0 amide bonds. The molecule has 108 valence electrons. The van der Waals surface area contributed by atoms with Crippen molar-refractivity contribution in [3.05, 3.63) is 6.07 Å². The summed E-state index contributed by atoms with van der Waals surface area (Å²) in [6.45, 7) is 0. The lowest BCUT2D eigenvalue weighted by molar-refractivity contribution is 0.310. The first-order chi connectivity index (χ1) is 9.58. The van der Waals surface area contributed by atoms with E-state index in [4.69, 9.17) is 18.9 Å². The summed E-state index contributed by atoms with van der Waals surface area (Å²) in [5.41, 5.74) is 0. The summed E-state index contributed by atoms with van der Waals surface area (Å²) in [6, 6.07) is 1.63. The minimum Gasteiger partial charge on any atom is -0.492 e. The first-order valence-corrected chi connectivity index (χ1v) is 6.56. The molecule has 8 heteroatoms. The minimum atomic E-state index is -1.56. The van der Waals surface area contributed by atoms with Crippen molar-refractivity contribution in [1.82, 2.24) is 0 Å². The van der Waals surface area contributed by atoms with Crippen LogP contribution in [-0.4, -0.2) is 45.6 Å². The van der Waals surface area contributed by atoms with Gasteiger partial charge in [0.2, 0.25) is 11.5 Å². The average molecular weight is 298 g/mol. The zero-order valence-electron chi connectivity index (χ0n) is 11.6. The minimum absolute atomic E-state index is 0.381. The van der Waals surface area contributed by atoms with Crippen molar-refractivity contribution in [1.29, 1.82) is 0 Å². The van der Waals surface area contributed by atoms with Crippen molar-refractivity contribution in [3.8, 4) is 23.0 Å². The Labute approximate surface area is 120 Å². The second-order valence-corrected chi connectivity index (χ2v) is 4.98. The molecule has 2 aromatic rings. The number of hydrogen-bond acceptors (Lipinski definition) is 7. The molecule has 2 rings (SSSR count). The molecule has 0 aliphatic carbocycles. The Hall–Kier alpha value is -1.64. The van der Waals surface area contributed by atoms with Gasteiger partial charge in [0.05, 0.1) is 33.1 Å². The molecule has 1 aromatic carbocycles. The first kappa shape index (κ1) is 14.8. The van der Waals surface area contributed by atoms with E-state index in [2.05, 4.69) is 0 Å². The second kappa shape index (κ2) is 5.78. The molecular formula is C12H15BO6S. The zero-order chi connectivity index (χ0) is 14.9. The van der Waals surface area contributed by atoms with Gasteiger partial charge in [-0.1, -0.05) is 0 Å². The predicted octanol–water partition coefficient (Wildman–Crippen LogP) is 0.615. The van der Waals surface area contributed by atoms with E-state index in [1.165, 1.54) is 39.8 Å². The highest BCUT2D eigenvalue weighted by molar-refractivity contribution is 7.28. The Morgan fingerprint density at radius 2 is 1.35 bits per heavy atom. The Balaban J connectivity index is 2.90. The van der Waals surface area contributed by atoms with Gasteiger partial charge in [-0.3, -0.25) is 0 Å². The summed E-state index contributed by atoms with van der Waals surface area (Å²) in [7, 11) is 4.47. The smallest absolute Gasteiger partial charge is 0.492 e. The Bertz CT molecular complexity index is 575. The van der Waals surface area contributed by atoms with Crippen LogP contribution in [0.5, 0.6) is 23.0 Å². The number of benzene rings is 1. The quantitative estimate of drug-likeness (QED) is 0.788. The molecule has 0 unspecified atom stereocenters. The maximum atomic E-state index is 9.33. The topological polar surface area (TPSA) is 77.4 Å². The molecule has 0 aliphatic heterocycles. The first-order valence-electron chi connectivity index (χ1n) is 5.74. The van der Waals surface area contributed by atoms with Crippen LogP contribution in [0.4, 0.5) is 0 Å². The van der Waals surface area contributed by atoms with E-state index in [1.54, 1.807) is 6.07 Å². The molecule has 6 nitrogen and oxygen atoms in total. The number of rotatable bonds is 5. The van der Waals surface area contributed by atoms with E-state index in [0.717, 1.165) is 0 Å². The predicted molar refractivity (Wildman–Crippen MR) is 77.9 cm³/mol. The molecule has 0 radical (unpaired) electrons. The van der Waals surface area contributed by atoms with Crippen molar-refractivity contribution < 1.29 is 29.0 Å². The largest absolute Gasteiger partial charge is 0.499 e. The molecular weight excluding hydrogens is 283 g/mol. The zero-order valence-corrected chi connectivity index (χ0v) is 12.4. The second-order valence-electron chi connectivity index (χ2n) is 3.90. The summed E-state index contributed by atoms with van der Waals surface area (Å²) in [5, 5.41) is 19.3. The van der Waals surface area contributed by atoms with E-state index in [9.17, 15) is 10.0 Å². The highest BCUT2D eigenvalue weighted by atomic mass is 32.1. The Kier molecular flexibility index (Phi) is 4.27. The standard InChI is InChI=1S/C12H15BO6S/c1-16-8-6-5-7(13(14)15)20-12(6)11(19-4)10(18-3)9(8)17-2/h5,14-15H,1-4H3. The lowest BCUT2D eigenvalue weighted by atomic mass is 9.89. The fourth-order valence-corrected chi connectivity index (χ4v) is 3.11. The normalized spacial score (nSPS) is 10.5. The van der Waals surface area contributed by atoms with Gasteiger partial charge in [0.15, 0.2) is 11.5 Å². The van der Waals surface area contributed by atoms with Crippen LogP contribution >= 0.6 is 11.3 Å². The van der Waals surface area contributed by atoms with Crippen LogP contribution in [0.1, 0.15) is 0 Å². The van der Waals surface area contributed by atoms with Gasteiger partial charge in [0, 0.05) is 10.2 Å². The average Bonchev–Trinajstić information content (AvgIpc) is 2.88. The van der Waals surface area contributed by atoms with Gasteiger partial charge in [-0.25, -0.2) is 0 Å². The molecule has 0 spiro atoms. The third kappa shape index (κ3) is 2.15. The summed E-state index contributed by atoms with van der Waals surface area (Å²) in [6.07, 6.45) is 0. The van der Waals surface area contributed by atoms with Crippen LogP contribution in [-0.2, 0) is 0 Å². The molecule has 0 saturated carbocycles. The van der Waals surface area contributed by atoms with Gasteiger partial charge in [-0.15, -0.1) is 11.3 Å². The van der Waals surface area contributed by atoms with Gasteiger partial charge in [-0.2, -0.15) is 0 Å². The molecule has 0 bridgehead atoms. The molecule has 0 saturated heterocycles. The van der Waals surface area contributed by atoms with Crippen LogP contribution in [0.25, 0.3) is 10.1 Å². The molecule has 1 heterocycles. The molecule has 0 fully saturated rings. The number of methoxy groups -OCH3 is 4. The molecule has 0 aliphatic rings. The van der Waals surface area contributed by atoms with Crippen molar-refractivity contribution >= 4 is 33.3 Å². The van der Waals surface area contributed by atoms with Crippen LogP contribution in [0, 0.1) is 0 Å². The fraction of sp³-hybridized carbons (Fsp3) is 0.333. The van der Waals surface area contributed by atoms with Crippen molar-refractivity contribution in [3.63, 3.8) is 0 Å². The Morgan fingerprint density at radius 1 is 0.850 bits per heavy atom. The number of thiophene rings is 1. The van der Waals surface area contributed by atoms with Crippen LogP contribution in [0.3, 0.4) is 0 Å². The summed E-state index contributed by atoms with van der Waals surface area (Å²) in [4.78, 5) is 0. The Morgan fingerprint density at radius 3 is 1.80 bits per heavy atom. The van der Waals surface area contributed by atoms with E-state index >= 15 is 0 Å². The van der Waals surface area contributed by atoms with E-state index in [0.29, 0.717) is 37.9 Å². The van der Waals surface area contributed by atoms with Gasteiger partial charge in [-0.05, 0) is 6.07 Å². The third-order valence-electron chi connectivity index (χ3n) is 2.89.